The Kier molecular flexibility index (Phi) is 6.00. The zero-order valence-electron chi connectivity index (χ0n) is 15.9. The summed E-state index contributed by atoms with van der Waals surface area (Å²) in [6.07, 6.45) is 6.76. The summed E-state index contributed by atoms with van der Waals surface area (Å²) in [4.78, 5) is 9.65. The van der Waals surface area contributed by atoms with Gasteiger partial charge in [-0.1, -0.05) is 6.07 Å². The molecular weight excluding hydrogens is 339 g/mol. The molecule has 4 rings (SSSR count). The first-order valence-electron chi connectivity index (χ1n) is 10.1. The van der Waals surface area contributed by atoms with Crippen molar-refractivity contribution in [2.45, 2.75) is 44.3 Å². The average molecular weight is 369 g/mol. The Morgan fingerprint density at radius 1 is 1.00 bits per heavy atom. The standard InChI is InChI=1S/C22H29FN4/c23-18-6-8-19(9-7-18)25-21-5-3-13-27(17-21)22-10-14-26(15-11-22)16-20-4-1-2-12-24-20/h1-2,4,6-9,12,21-22,25H,3,5,10-11,13-17H2/t21-/m0/s1. The Bertz CT molecular complexity index is 698. The second kappa shape index (κ2) is 8.81. The molecular formula is C22H29FN4. The number of likely N-dealkylation sites (tertiary alicyclic amines) is 2. The quantitative estimate of drug-likeness (QED) is 0.871. The molecule has 144 valence electrons. The summed E-state index contributed by atoms with van der Waals surface area (Å²) in [6, 6.07) is 14.0. The van der Waals surface area contributed by atoms with E-state index in [0.29, 0.717) is 12.1 Å². The van der Waals surface area contributed by atoms with Gasteiger partial charge in [-0.2, -0.15) is 0 Å². The number of aromatic nitrogens is 1. The fourth-order valence-electron chi connectivity index (χ4n) is 4.40. The maximum atomic E-state index is 13.1. The summed E-state index contributed by atoms with van der Waals surface area (Å²) >= 11 is 0. The molecule has 2 aliphatic rings. The van der Waals surface area contributed by atoms with E-state index in [1.165, 1.54) is 44.4 Å². The molecule has 0 spiro atoms. The van der Waals surface area contributed by atoms with Crippen LogP contribution in [0.1, 0.15) is 31.4 Å². The van der Waals surface area contributed by atoms with Gasteiger partial charge < -0.3 is 5.32 Å². The third-order valence-electron chi connectivity index (χ3n) is 5.85. The van der Waals surface area contributed by atoms with E-state index >= 15 is 0 Å². The third kappa shape index (κ3) is 5.05. The topological polar surface area (TPSA) is 31.4 Å². The lowest BCUT2D eigenvalue weighted by molar-refractivity contribution is 0.0851. The first kappa shape index (κ1) is 18.4. The minimum absolute atomic E-state index is 0.178. The van der Waals surface area contributed by atoms with Gasteiger partial charge in [-0.3, -0.25) is 14.8 Å². The van der Waals surface area contributed by atoms with Gasteiger partial charge in [-0.25, -0.2) is 4.39 Å². The Hall–Kier alpha value is -1.98. The molecule has 2 saturated heterocycles. The minimum atomic E-state index is -0.178. The Labute approximate surface area is 161 Å². The van der Waals surface area contributed by atoms with E-state index in [0.717, 1.165) is 37.6 Å². The molecule has 5 heteroatoms. The lowest BCUT2D eigenvalue weighted by atomic mass is 9.97. The number of hydrogen-bond donors (Lipinski definition) is 1. The van der Waals surface area contributed by atoms with Gasteiger partial charge in [0.2, 0.25) is 0 Å². The van der Waals surface area contributed by atoms with Crippen molar-refractivity contribution in [1.82, 2.24) is 14.8 Å². The zero-order valence-corrected chi connectivity index (χ0v) is 15.9. The van der Waals surface area contributed by atoms with Crippen LogP contribution < -0.4 is 5.32 Å². The summed E-state index contributed by atoms with van der Waals surface area (Å²) in [5, 5.41) is 3.59. The van der Waals surface area contributed by atoms with E-state index < -0.39 is 0 Å². The SMILES string of the molecule is Fc1ccc(N[C@H]2CCCN(C3CCN(Cc4ccccn4)CC3)C2)cc1. The lowest BCUT2D eigenvalue weighted by Crippen LogP contribution is -2.50. The van der Waals surface area contributed by atoms with Crippen LogP contribution in [-0.4, -0.2) is 53.0 Å². The molecule has 27 heavy (non-hydrogen) atoms. The molecule has 1 N–H and O–H groups in total. The van der Waals surface area contributed by atoms with E-state index in [-0.39, 0.29) is 5.82 Å². The molecule has 1 aromatic heterocycles. The minimum Gasteiger partial charge on any atom is -0.381 e. The molecule has 2 aromatic rings. The van der Waals surface area contributed by atoms with E-state index in [1.54, 1.807) is 0 Å². The summed E-state index contributed by atoms with van der Waals surface area (Å²) in [5.74, 6) is -0.178. The number of halogens is 1. The van der Waals surface area contributed by atoms with Crippen LogP contribution in [0.5, 0.6) is 0 Å². The van der Waals surface area contributed by atoms with Crippen molar-refractivity contribution in [2.75, 3.05) is 31.5 Å². The second-order valence-corrected chi connectivity index (χ2v) is 7.81. The van der Waals surface area contributed by atoms with E-state index in [4.69, 9.17) is 0 Å². The van der Waals surface area contributed by atoms with Crippen molar-refractivity contribution in [3.05, 3.63) is 60.2 Å². The maximum Gasteiger partial charge on any atom is 0.123 e. The number of nitrogens with one attached hydrogen (secondary N) is 1. The first-order chi connectivity index (χ1) is 13.3. The average Bonchev–Trinajstić information content (AvgIpc) is 2.71. The molecule has 0 radical (unpaired) electrons. The van der Waals surface area contributed by atoms with E-state index in [9.17, 15) is 4.39 Å². The number of piperidine rings is 2. The van der Waals surface area contributed by atoms with E-state index in [1.807, 2.05) is 24.4 Å². The van der Waals surface area contributed by atoms with Gasteiger partial charge >= 0.3 is 0 Å². The van der Waals surface area contributed by atoms with Gasteiger partial charge in [-0.05, 0) is 68.6 Å². The normalized spacial score (nSPS) is 22.6. The number of hydrogen-bond acceptors (Lipinski definition) is 4. The molecule has 0 bridgehead atoms. The molecule has 3 heterocycles. The molecule has 4 nitrogen and oxygen atoms in total. The number of benzene rings is 1. The van der Waals surface area contributed by atoms with Crippen LogP contribution in [0.3, 0.4) is 0 Å². The molecule has 2 aliphatic heterocycles. The van der Waals surface area contributed by atoms with Crippen molar-refractivity contribution in [2.24, 2.45) is 0 Å². The van der Waals surface area contributed by atoms with Gasteiger partial charge in [0.15, 0.2) is 0 Å². The smallest absolute Gasteiger partial charge is 0.123 e. The Balaban J connectivity index is 1.26. The predicted octanol–water partition coefficient (Wildman–Crippen LogP) is 3.76. The van der Waals surface area contributed by atoms with Crippen LogP contribution in [0.25, 0.3) is 0 Å². The van der Waals surface area contributed by atoms with Crippen molar-refractivity contribution >= 4 is 5.69 Å². The molecule has 0 saturated carbocycles. The monoisotopic (exact) mass is 368 g/mol. The van der Waals surface area contributed by atoms with Gasteiger partial charge in [0.05, 0.1) is 5.69 Å². The fraction of sp³-hybridized carbons (Fsp3) is 0.500. The van der Waals surface area contributed by atoms with Crippen LogP contribution in [-0.2, 0) is 6.54 Å². The first-order valence-corrected chi connectivity index (χ1v) is 10.1. The van der Waals surface area contributed by atoms with Gasteiger partial charge in [0.1, 0.15) is 5.82 Å². The molecule has 0 aliphatic carbocycles. The molecule has 1 atom stereocenters. The van der Waals surface area contributed by atoms with Crippen molar-refractivity contribution in [3.8, 4) is 0 Å². The lowest BCUT2D eigenvalue weighted by Gasteiger charge is -2.42. The fourth-order valence-corrected chi connectivity index (χ4v) is 4.40. The Morgan fingerprint density at radius 2 is 1.81 bits per heavy atom. The molecule has 0 unspecified atom stereocenters. The Morgan fingerprint density at radius 3 is 2.56 bits per heavy atom. The summed E-state index contributed by atoms with van der Waals surface area (Å²) in [7, 11) is 0. The third-order valence-corrected chi connectivity index (χ3v) is 5.85. The number of anilines is 1. The van der Waals surface area contributed by atoms with E-state index in [2.05, 4.69) is 32.2 Å². The van der Waals surface area contributed by atoms with Crippen LogP contribution in [0.4, 0.5) is 10.1 Å². The van der Waals surface area contributed by atoms with Crippen molar-refractivity contribution < 1.29 is 4.39 Å². The predicted molar refractivity (Wildman–Crippen MR) is 107 cm³/mol. The van der Waals surface area contributed by atoms with Crippen LogP contribution in [0, 0.1) is 5.82 Å². The number of nitrogens with zero attached hydrogens (tertiary/aromatic N) is 3. The number of rotatable bonds is 5. The summed E-state index contributed by atoms with van der Waals surface area (Å²) in [6.45, 7) is 5.54. The highest BCUT2D eigenvalue weighted by Gasteiger charge is 2.28. The van der Waals surface area contributed by atoms with Gasteiger partial charge in [0, 0.05) is 50.1 Å². The highest BCUT2D eigenvalue weighted by atomic mass is 19.1. The summed E-state index contributed by atoms with van der Waals surface area (Å²) in [5.41, 5.74) is 2.19. The summed E-state index contributed by atoms with van der Waals surface area (Å²) < 4.78 is 13.1. The second-order valence-electron chi connectivity index (χ2n) is 7.81. The number of pyridine rings is 1. The van der Waals surface area contributed by atoms with Gasteiger partial charge in [0.25, 0.3) is 0 Å². The van der Waals surface area contributed by atoms with Crippen LogP contribution >= 0.6 is 0 Å². The van der Waals surface area contributed by atoms with Crippen molar-refractivity contribution in [3.63, 3.8) is 0 Å². The van der Waals surface area contributed by atoms with Crippen molar-refractivity contribution in [1.29, 1.82) is 0 Å². The maximum absolute atomic E-state index is 13.1. The molecule has 1 aromatic carbocycles. The highest BCUT2D eigenvalue weighted by molar-refractivity contribution is 5.43. The largest absolute Gasteiger partial charge is 0.381 e. The molecule has 0 amide bonds. The van der Waals surface area contributed by atoms with Gasteiger partial charge in [-0.15, -0.1) is 0 Å². The van der Waals surface area contributed by atoms with Crippen LogP contribution in [0.15, 0.2) is 48.7 Å². The zero-order chi connectivity index (χ0) is 18.5. The highest BCUT2D eigenvalue weighted by Crippen LogP contribution is 2.23. The molecule has 2 fully saturated rings. The van der Waals surface area contributed by atoms with Crippen LogP contribution in [0.2, 0.25) is 0 Å².